The first-order chi connectivity index (χ1) is 30.3. The third kappa shape index (κ3) is 5.85. The molecule has 0 fully saturated rings. The molecule has 12 rings (SSSR count). The first-order valence-electron chi connectivity index (χ1n) is 20.8. The average Bonchev–Trinajstić information content (AvgIpc) is 3.88. The monoisotopic (exact) mass is 794 g/mol. The average molecular weight is 795 g/mol. The number of hydrogen-bond donors (Lipinski definition) is 0. The van der Waals surface area contributed by atoms with Crippen LogP contribution in [0.15, 0.2) is 231 Å². The zero-order chi connectivity index (χ0) is 40.3. The summed E-state index contributed by atoms with van der Waals surface area (Å²) in [4.78, 5) is 2.44. The van der Waals surface area contributed by atoms with Gasteiger partial charge in [0.25, 0.3) is 0 Å². The Balaban J connectivity index is 1.06. The van der Waals surface area contributed by atoms with Crippen LogP contribution in [0.5, 0.6) is 0 Å². The third-order valence-electron chi connectivity index (χ3n) is 12.2. The van der Waals surface area contributed by atoms with Crippen LogP contribution in [0, 0.1) is 0 Å². The van der Waals surface area contributed by atoms with Crippen LogP contribution in [0.4, 0.5) is 17.1 Å². The van der Waals surface area contributed by atoms with Crippen LogP contribution in [0.1, 0.15) is 0 Å². The van der Waals surface area contributed by atoms with E-state index in [1.165, 1.54) is 86.3 Å². The Morgan fingerprint density at radius 3 is 1.80 bits per heavy atom. The Bertz CT molecular complexity index is 3590. The molecule has 0 saturated carbocycles. The van der Waals surface area contributed by atoms with Crippen molar-refractivity contribution < 1.29 is 0 Å². The standard InChI is InChI=1S/C58H38N2S/c1-2-16-39(17-3-1)40-32-35-43(36-33-40)59(52-29-14-19-41-18-4-5-21-45(41)52)53-27-11-8-23-47(53)46-22-7-6-20-44(46)42-34-37-49-48-24-9-12-28-54(48)60(56(49)38-42)55-30-15-26-51-50-25-10-13-31-57(50)61-58(51)55/h1-38H. The lowest BCUT2D eigenvalue weighted by molar-refractivity contribution is 1.20. The van der Waals surface area contributed by atoms with E-state index in [1.54, 1.807) is 0 Å². The van der Waals surface area contributed by atoms with Gasteiger partial charge in [0, 0.05) is 42.9 Å². The highest BCUT2D eigenvalue weighted by atomic mass is 32.1. The minimum atomic E-state index is 1.10. The number of benzene rings is 10. The molecule has 0 radical (unpaired) electrons. The molecule has 10 aromatic carbocycles. The van der Waals surface area contributed by atoms with Gasteiger partial charge in [0.15, 0.2) is 0 Å². The van der Waals surface area contributed by atoms with Gasteiger partial charge in [0.2, 0.25) is 0 Å². The topological polar surface area (TPSA) is 8.17 Å². The molecule has 0 N–H and O–H groups in total. The van der Waals surface area contributed by atoms with Gasteiger partial charge >= 0.3 is 0 Å². The van der Waals surface area contributed by atoms with Gasteiger partial charge in [-0.2, -0.15) is 0 Å². The normalized spacial score (nSPS) is 11.6. The second-order valence-corrected chi connectivity index (χ2v) is 16.7. The molecule has 61 heavy (non-hydrogen) atoms. The second-order valence-electron chi connectivity index (χ2n) is 15.6. The van der Waals surface area contributed by atoms with Gasteiger partial charge in [-0.05, 0) is 81.7 Å². The van der Waals surface area contributed by atoms with Gasteiger partial charge in [-0.15, -0.1) is 11.3 Å². The molecule has 2 nitrogen and oxygen atoms in total. The predicted octanol–water partition coefficient (Wildman–Crippen LogP) is 16.8. The van der Waals surface area contributed by atoms with Crippen molar-refractivity contribution in [2.75, 3.05) is 4.90 Å². The number of aromatic nitrogens is 1. The van der Waals surface area contributed by atoms with Crippen molar-refractivity contribution in [1.29, 1.82) is 0 Å². The molecule has 0 amide bonds. The first-order valence-corrected chi connectivity index (χ1v) is 21.7. The molecule has 0 unspecified atom stereocenters. The largest absolute Gasteiger partial charge is 0.309 e. The van der Waals surface area contributed by atoms with Crippen LogP contribution < -0.4 is 4.90 Å². The van der Waals surface area contributed by atoms with Crippen molar-refractivity contribution >= 4 is 81.1 Å². The van der Waals surface area contributed by atoms with E-state index in [2.05, 4.69) is 240 Å². The number of nitrogens with zero attached hydrogens (tertiary/aromatic N) is 2. The van der Waals surface area contributed by atoms with Crippen LogP contribution in [0.2, 0.25) is 0 Å². The van der Waals surface area contributed by atoms with Crippen LogP contribution in [0.25, 0.3) is 91.8 Å². The van der Waals surface area contributed by atoms with E-state index in [-0.39, 0.29) is 0 Å². The molecule has 0 aliphatic carbocycles. The van der Waals surface area contributed by atoms with E-state index in [0.29, 0.717) is 0 Å². The van der Waals surface area contributed by atoms with E-state index in [4.69, 9.17) is 0 Å². The minimum Gasteiger partial charge on any atom is -0.309 e. The molecule has 0 aliphatic rings. The van der Waals surface area contributed by atoms with E-state index in [1.807, 2.05) is 11.3 Å². The molecule has 0 bridgehead atoms. The molecular formula is C58H38N2S. The fourth-order valence-corrected chi connectivity index (χ4v) is 10.6. The maximum atomic E-state index is 2.49. The Kier molecular flexibility index (Phi) is 8.39. The van der Waals surface area contributed by atoms with Gasteiger partial charge in [-0.25, -0.2) is 0 Å². The number of hydrogen-bond acceptors (Lipinski definition) is 2. The number of fused-ring (bicyclic) bond motifs is 7. The van der Waals surface area contributed by atoms with Gasteiger partial charge < -0.3 is 9.47 Å². The Morgan fingerprint density at radius 1 is 0.344 bits per heavy atom. The van der Waals surface area contributed by atoms with Crippen molar-refractivity contribution in [2.24, 2.45) is 0 Å². The summed E-state index contributed by atoms with van der Waals surface area (Å²) in [6.07, 6.45) is 0. The molecule has 3 heteroatoms. The highest BCUT2D eigenvalue weighted by molar-refractivity contribution is 7.26. The summed E-state index contributed by atoms with van der Waals surface area (Å²) in [7, 11) is 0. The van der Waals surface area contributed by atoms with Crippen LogP contribution in [-0.2, 0) is 0 Å². The lowest BCUT2D eigenvalue weighted by Gasteiger charge is -2.29. The quantitative estimate of drug-likeness (QED) is 0.156. The fourth-order valence-electron chi connectivity index (χ4n) is 9.42. The highest BCUT2D eigenvalue weighted by Gasteiger charge is 2.22. The Labute approximate surface area is 358 Å². The van der Waals surface area contributed by atoms with E-state index >= 15 is 0 Å². The summed E-state index contributed by atoms with van der Waals surface area (Å²) >= 11 is 1.88. The number of thiophene rings is 1. The van der Waals surface area contributed by atoms with Crippen molar-refractivity contribution in [3.63, 3.8) is 0 Å². The number of anilines is 3. The van der Waals surface area contributed by atoms with Crippen LogP contribution in [-0.4, -0.2) is 4.57 Å². The first kappa shape index (κ1) is 35.2. The number of para-hydroxylation sites is 2. The molecule has 286 valence electrons. The molecule has 0 atom stereocenters. The second kappa shape index (κ2) is 14.5. The molecule has 2 aromatic heterocycles. The molecule has 0 saturated heterocycles. The van der Waals surface area contributed by atoms with Crippen molar-refractivity contribution in [1.82, 2.24) is 4.57 Å². The lowest BCUT2D eigenvalue weighted by atomic mass is 9.92. The Hall–Kier alpha value is -7.72. The van der Waals surface area contributed by atoms with Crippen molar-refractivity contribution in [2.45, 2.75) is 0 Å². The van der Waals surface area contributed by atoms with Gasteiger partial charge in [0.05, 0.1) is 32.8 Å². The molecule has 0 spiro atoms. The molecule has 2 heterocycles. The SMILES string of the molecule is c1ccc(-c2ccc(N(c3ccccc3-c3ccccc3-c3ccc4c5ccccc5n(-c5cccc6c5sc5ccccc56)c4c3)c3cccc4ccccc34)cc2)cc1. The van der Waals surface area contributed by atoms with Crippen LogP contribution in [0.3, 0.4) is 0 Å². The zero-order valence-electron chi connectivity index (χ0n) is 33.2. The smallest absolute Gasteiger partial charge is 0.0640 e. The maximum absolute atomic E-state index is 2.49. The van der Waals surface area contributed by atoms with Gasteiger partial charge in [-0.1, -0.05) is 182 Å². The molecule has 0 aliphatic heterocycles. The summed E-state index contributed by atoms with van der Waals surface area (Å²) in [5, 5.41) is 7.52. The highest BCUT2D eigenvalue weighted by Crippen LogP contribution is 2.47. The molecule has 12 aromatic rings. The predicted molar refractivity (Wildman–Crippen MR) is 262 cm³/mol. The van der Waals surface area contributed by atoms with Crippen molar-refractivity contribution in [3.05, 3.63) is 231 Å². The zero-order valence-corrected chi connectivity index (χ0v) is 34.1. The third-order valence-corrected chi connectivity index (χ3v) is 13.4. The van der Waals surface area contributed by atoms with Gasteiger partial charge in [0.1, 0.15) is 0 Å². The fraction of sp³-hybridized carbons (Fsp3) is 0. The molecular weight excluding hydrogens is 757 g/mol. The summed E-state index contributed by atoms with van der Waals surface area (Å²) in [5.74, 6) is 0. The summed E-state index contributed by atoms with van der Waals surface area (Å²) in [6.45, 7) is 0. The maximum Gasteiger partial charge on any atom is 0.0640 e. The van der Waals surface area contributed by atoms with Crippen LogP contribution >= 0.6 is 11.3 Å². The Morgan fingerprint density at radius 2 is 0.934 bits per heavy atom. The van der Waals surface area contributed by atoms with E-state index in [0.717, 1.165) is 22.6 Å². The number of rotatable bonds is 7. The van der Waals surface area contributed by atoms with E-state index in [9.17, 15) is 0 Å². The summed E-state index contributed by atoms with van der Waals surface area (Å²) in [6, 6.07) is 84.2. The van der Waals surface area contributed by atoms with Crippen molar-refractivity contribution in [3.8, 4) is 39.1 Å². The summed E-state index contributed by atoms with van der Waals surface area (Å²) < 4.78 is 5.10. The summed E-state index contributed by atoms with van der Waals surface area (Å²) in [5.41, 5.74) is 14.1. The minimum absolute atomic E-state index is 1.10. The van der Waals surface area contributed by atoms with Gasteiger partial charge in [-0.3, -0.25) is 0 Å². The van der Waals surface area contributed by atoms with E-state index < -0.39 is 0 Å². The lowest BCUT2D eigenvalue weighted by Crippen LogP contribution is -2.12.